The number of hydrogen-bond acceptors (Lipinski definition) is 6. The molecule has 4 aromatic rings. The highest BCUT2D eigenvalue weighted by Crippen LogP contribution is 2.36. The monoisotopic (exact) mass is 563 g/mol. The zero-order chi connectivity index (χ0) is 30.6. The maximum atomic E-state index is 12.8. The fourth-order valence-corrected chi connectivity index (χ4v) is 4.44. The Morgan fingerprint density at radius 2 is 1.76 bits per heavy atom. The predicted molar refractivity (Wildman–Crippen MR) is 167 cm³/mol. The van der Waals surface area contributed by atoms with E-state index in [0.29, 0.717) is 17.8 Å². The molecule has 4 rings (SSSR count). The molecule has 0 aliphatic carbocycles. The maximum Gasteiger partial charge on any atom is 0.313 e. The largest absolute Gasteiger partial charge is 0.441 e. The van der Waals surface area contributed by atoms with Crippen LogP contribution < -0.4 is 4.90 Å². The normalized spacial score (nSPS) is 12.5. The van der Waals surface area contributed by atoms with Gasteiger partial charge in [-0.05, 0) is 83.2 Å². The molecule has 8 nitrogen and oxygen atoms in total. The summed E-state index contributed by atoms with van der Waals surface area (Å²) in [6.07, 6.45) is 6.52. The number of pyridine rings is 1. The van der Waals surface area contributed by atoms with Gasteiger partial charge in [-0.1, -0.05) is 30.3 Å². The summed E-state index contributed by atoms with van der Waals surface area (Å²) in [7, 11) is 5.65. The molecule has 1 unspecified atom stereocenters. The van der Waals surface area contributed by atoms with Crippen LogP contribution in [0.3, 0.4) is 0 Å². The second-order valence-electron chi connectivity index (χ2n) is 11.6. The average Bonchev–Trinajstić information content (AvgIpc) is 3.35. The summed E-state index contributed by atoms with van der Waals surface area (Å²) in [6, 6.07) is 19.4. The summed E-state index contributed by atoms with van der Waals surface area (Å²) in [5, 5.41) is 10.4. The molecule has 42 heavy (non-hydrogen) atoms. The van der Waals surface area contributed by atoms with Crippen molar-refractivity contribution in [3.05, 3.63) is 84.7 Å². The Balaban J connectivity index is 1.78. The minimum Gasteiger partial charge on any atom is -0.441 e. The molecule has 2 heterocycles. The van der Waals surface area contributed by atoms with Crippen LogP contribution in [0.25, 0.3) is 33.3 Å². The molecule has 8 heteroatoms. The molecule has 0 saturated carbocycles. The zero-order valence-corrected chi connectivity index (χ0v) is 25.3. The minimum absolute atomic E-state index is 0.113. The Hall–Kier alpha value is -4.74. The first-order chi connectivity index (χ1) is 19.9. The van der Waals surface area contributed by atoms with Gasteiger partial charge in [-0.2, -0.15) is 5.26 Å². The van der Waals surface area contributed by atoms with E-state index in [-0.39, 0.29) is 11.9 Å². The molecule has 1 amide bonds. The lowest BCUT2D eigenvalue weighted by atomic mass is 9.97. The van der Waals surface area contributed by atoms with E-state index >= 15 is 0 Å². The lowest BCUT2D eigenvalue weighted by molar-refractivity contribution is -0.162. The number of rotatable bonds is 8. The molecular formula is C34H37N5O3. The molecule has 0 aliphatic rings. The van der Waals surface area contributed by atoms with Crippen molar-refractivity contribution < 1.29 is 14.3 Å². The Morgan fingerprint density at radius 1 is 1.05 bits per heavy atom. The molecule has 0 saturated heterocycles. The highest BCUT2D eigenvalue weighted by molar-refractivity contribution is 6.01. The van der Waals surface area contributed by atoms with Gasteiger partial charge in [0.2, 0.25) is 5.91 Å². The first-order valence-electron chi connectivity index (χ1n) is 13.8. The quantitative estimate of drug-likeness (QED) is 0.181. The van der Waals surface area contributed by atoms with E-state index in [9.17, 15) is 14.9 Å². The van der Waals surface area contributed by atoms with E-state index in [4.69, 9.17) is 9.72 Å². The lowest BCUT2D eigenvalue weighted by Crippen LogP contribution is -2.26. The van der Waals surface area contributed by atoms with Crippen LogP contribution in [0.5, 0.6) is 0 Å². The number of nitrogens with zero attached hydrogens (tertiary/aromatic N) is 5. The van der Waals surface area contributed by atoms with Gasteiger partial charge in [-0.3, -0.25) is 14.2 Å². The van der Waals surface area contributed by atoms with Crippen molar-refractivity contribution in [2.75, 3.05) is 32.6 Å². The third-order valence-electron chi connectivity index (χ3n) is 6.88. The molecule has 0 N–H and O–H groups in total. The second-order valence-corrected chi connectivity index (χ2v) is 11.6. The Labute approximate surface area is 247 Å². The summed E-state index contributed by atoms with van der Waals surface area (Å²) in [4.78, 5) is 33.8. The number of carbonyl (C=O) groups excluding carboxylic acids is 2. The van der Waals surface area contributed by atoms with Crippen molar-refractivity contribution >= 4 is 28.6 Å². The zero-order valence-electron chi connectivity index (χ0n) is 25.3. The van der Waals surface area contributed by atoms with Crippen molar-refractivity contribution in [2.45, 2.75) is 33.9 Å². The molecule has 0 aliphatic heterocycles. The third kappa shape index (κ3) is 6.76. The lowest BCUT2D eigenvalue weighted by Gasteiger charge is -2.22. The number of carbonyl (C=O) groups is 2. The smallest absolute Gasteiger partial charge is 0.313 e. The number of fused-ring (bicyclic) bond motifs is 1. The summed E-state index contributed by atoms with van der Waals surface area (Å²) in [5.41, 5.74) is 4.79. The van der Waals surface area contributed by atoms with Gasteiger partial charge in [0.1, 0.15) is 5.65 Å². The van der Waals surface area contributed by atoms with Crippen molar-refractivity contribution in [2.24, 2.45) is 5.41 Å². The highest BCUT2D eigenvalue weighted by Gasteiger charge is 2.27. The number of ether oxygens (including phenoxy) is 1. The van der Waals surface area contributed by atoms with Gasteiger partial charge in [0.25, 0.3) is 0 Å². The van der Waals surface area contributed by atoms with E-state index in [2.05, 4.69) is 6.07 Å². The molecule has 216 valence electrons. The first-order valence-corrected chi connectivity index (χ1v) is 13.8. The van der Waals surface area contributed by atoms with Gasteiger partial charge in [0.05, 0.1) is 17.0 Å². The standard InChI is InChI=1S/C34H37N5O3/c1-23(42-33(41)34(2,3)4)39-22-30(26-13-8-11-24(17-26)20-35)29-19-27(21-36-32(29)39)25-12-9-14-28(18-25)38(7)31(40)15-10-16-37(5)6/h8-15,17-19,21-23H,16H2,1-7H3. The van der Waals surface area contributed by atoms with Crippen molar-refractivity contribution in [1.82, 2.24) is 14.5 Å². The topological polar surface area (TPSA) is 91.5 Å². The molecule has 2 aromatic heterocycles. The maximum absolute atomic E-state index is 12.8. The van der Waals surface area contributed by atoms with Crippen LogP contribution in [-0.4, -0.2) is 54.0 Å². The van der Waals surface area contributed by atoms with Crippen LogP contribution in [0, 0.1) is 16.7 Å². The van der Waals surface area contributed by atoms with Crippen LogP contribution in [0.4, 0.5) is 5.69 Å². The van der Waals surface area contributed by atoms with Crippen molar-refractivity contribution in [3.63, 3.8) is 0 Å². The van der Waals surface area contributed by atoms with Crippen LogP contribution in [-0.2, 0) is 14.3 Å². The van der Waals surface area contributed by atoms with E-state index in [0.717, 1.165) is 33.3 Å². The molecule has 0 fully saturated rings. The SMILES string of the molecule is CC(OC(=O)C(C)(C)C)n1cc(-c2cccc(C#N)c2)c2cc(-c3cccc(N(C)C(=O)C=CCN(C)C)c3)cnc21. The Bertz CT molecular complexity index is 1690. The number of anilines is 1. The van der Waals surface area contributed by atoms with Gasteiger partial charge < -0.3 is 14.5 Å². The summed E-state index contributed by atoms with van der Waals surface area (Å²) < 4.78 is 7.66. The number of amides is 1. The van der Waals surface area contributed by atoms with E-state index in [1.807, 2.05) is 112 Å². The summed E-state index contributed by atoms with van der Waals surface area (Å²) in [5.74, 6) is -0.424. The van der Waals surface area contributed by atoms with Gasteiger partial charge in [-0.15, -0.1) is 0 Å². The fourth-order valence-electron chi connectivity index (χ4n) is 4.44. The fraction of sp³-hybridized carbons (Fsp3) is 0.294. The molecule has 0 spiro atoms. The molecule has 0 bridgehead atoms. The molecule has 1 atom stereocenters. The average molecular weight is 564 g/mol. The number of likely N-dealkylation sites (N-methyl/N-ethyl adjacent to an activating group) is 2. The van der Waals surface area contributed by atoms with Gasteiger partial charge in [-0.25, -0.2) is 4.98 Å². The van der Waals surface area contributed by atoms with Crippen molar-refractivity contribution in [3.8, 4) is 28.3 Å². The van der Waals surface area contributed by atoms with Crippen LogP contribution >= 0.6 is 0 Å². The molecule has 2 aromatic carbocycles. The second kappa shape index (κ2) is 12.4. The molecule has 0 radical (unpaired) electrons. The summed E-state index contributed by atoms with van der Waals surface area (Å²) >= 11 is 0. The number of esters is 1. The van der Waals surface area contributed by atoms with E-state index in [1.54, 1.807) is 30.3 Å². The van der Waals surface area contributed by atoms with Crippen molar-refractivity contribution in [1.29, 1.82) is 5.26 Å². The van der Waals surface area contributed by atoms with Crippen LogP contribution in [0.2, 0.25) is 0 Å². The molecular weight excluding hydrogens is 526 g/mol. The van der Waals surface area contributed by atoms with Gasteiger partial charge in [0, 0.05) is 54.3 Å². The third-order valence-corrected chi connectivity index (χ3v) is 6.88. The number of aromatic nitrogens is 2. The number of benzene rings is 2. The van der Waals surface area contributed by atoms with E-state index in [1.165, 1.54) is 0 Å². The number of hydrogen-bond donors (Lipinski definition) is 0. The Kier molecular flexibility index (Phi) is 8.93. The highest BCUT2D eigenvalue weighted by atomic mass is 16.6. The number of nitriles is 1. The van der Waals surface area contributed by atoms with E-state index < -0.39 is 11.6 Å². The predicted octanol–water partition coefficient (Wildman–Crippen LogP) is 6.43. The first kappa shape index (κ1) is 30.2. The van der Waals surface area contributed by atoms with Crippen LogP contribution in [0.15, 0.2) is 79.1 Å². The summed E-state index contributed by atoms with van der Waals surface area (Å²) in [6.45, 7) is 7.95. The Morgan fingerprint density at radius 3 is 2.45 bits per heavy atom. The van der Waals surface area contributed by atoms with Gasteiger partial charge >= 0.3 is 5.97 Å². The van der Waals surface area contributed by atoms with Gasteiger partial charge in [0.15, 0.2) is 6.23 Å². The minimum atomic E-state index is -0.649. The van der Waals surface area contributed by atoms with Crippen LogP contribution in [0.1, 0.15) is 39.5 Å².